The van der Waals surface area contributed by atoms with E-state index in [2.05, 4.69) is 36.1 Å². The molecule has 2 aliphatic heterocycles. The van der Waals surface area contributed by atoms with Crippen LogP contribution in [-0.4, -0.2) is 76.4 Å². The lowest BCUT2D eigenvalue weighted by Crippen LogP contribution is -2.31. The summed E-state index contributed by atoms with van der Waals surface area (Å²) >= 11 is 0. The van der Waals surface area contributed by atoms with Crippen LogP contribution in [0.25, 0.3) is 28.0 Å². The van der Waals surface area contributed by atoms with Crippen molar-refractivity contribution in [2.24, 2.45) is 0 Å². The Hall–Kier alpha value is -4.68. The molecular formula is C29H29N9O3. The average molecular weight is 552 g/mol. The Bertz CT molecular complexity index is 1710. The SMILES string of the molecule is Nc1ncnn2c(-c3cccc([C@@H]4C[C@@H](O)CN4C(=O)c4ccnnc4)c3)cc(-c3ccnn3C3CCOCC3)c12. The Labute approximate surface area is 235 Å². The molecule has 3 N–H and O–H groups in total. The van der Waals surface area contributed by atoms with Crippen LogP contribution < -0.4 is 5.73 Å². The summed E-state index contributed by atoms with van der Waals surface area (Å²) in [6.07, 6.45) is 7.79. The van der Waals surface area contributed by atoms with Crippen LogP contribution in [0, 0.1) is 0 Å². The molecule has 5 aromatic rings. The van der Waals surface area contributed by atoms with Gasteiger partial charge in [0.15, 0.2) is 5.82 Å². The molecule has 2 aliphatic rings. The van der Waals surface area contributed by atoms with Gasteiger partial charge in [-0.15, -0.1) is 0 Å². The molecule has 1 amide bonds. The normalized spacial score (nSPS) is 19.7. The first-order valence-corrected chi connectivity index (χ1v) is 13.7. The number of hydrogen-bond acceptors (Lipinski definition) is 9. The van der Waals surface area contributed by atoms with Crippen molar-refractivity contribution in [1.29, 1.82) is 0 Å². The molecule has 12 nitrogen and oxygen atoms in total. The van der Waals surface area contributed by atoms with Gasteiger partial charge in [0.2, 0.25) is 0 Å². The number of carbonyl (C=O) groups is 1. The molecule has 0 saturated carbocycles. The highest BCUT2D eigenvalue weighted by atomic mass is 16.5. The second kappa shape index (κ2) is 10.4. The highest BCUT2D eigenvalue weighted by molar-refractivity contribution is 5.94. The summed E-state index contributed by atoms with van der Waals surface area (Å²) in [7, 11) is 0. The number of amides is 1. The van der Waals surface area contributed by atoms with Crippen LogP contribution in [0.15, 0.2) is 67.4 Å². The fraction of sp³-hybridized carbons (Fsp3) is 0.310. The third-order valence-electron chi connectivity index (χ3n) is 8.00. The first-order chi connectivity index (χ1) is 20.1. The van der Waals surface area contributed by atoms with E-state index in [0.29, 0.717) is 36.5 Å². The van der Waals surface area contributed by atoms with Crippen LogP contribution in [0.3, 0.4) is 0 Å². The van der Waals surface area contributed by atoms with E-state index in [9.17, 15) is 9.90 Å². The molecule has 41 heavy (non-hydrogen) atoms. The summed E-state index contributed by atoms with van der Waals surface area (Å²) in [5.41, 5.74) is 12.1. The monoisotopic (exact) mass is 551 g/mol. The number of aliphatic hydroxyl groups excluding tert-OH is 1. The molecule has 2 atom stereocenters. The Kier molecular flexibility index (Phi) is 6.40. The first kappa shape index (κ1) is 25.3. The topological polar surface area (TPSA) is 150 Å². The van der Waals surface area contributed by atoms with E-state index in [0.717, 1.165) is 40.9 Å². The number of rotatable bonds is 5. The highest BCUT2D eigenvalue weighted by Gasteiger charge is 2.36. The third-order valence-corrected chi connectivity index (χ3v) is 8.00. The van der Waals surface area contributed by atoms with Crippen molar-refractivity contribution in [3.8, 4) is 22.5 Å². The van der Waals surface area contributed by atoms with Gasteiger partial charge in [-0.2, -0.15) is 20.4 Å². The molecule has 0 aliphatic carbocycles. The smallest absolute Gasteiger partial charge is 0.256 e. The highest BCUT2D eigenvalue weighted by Crippen LogP contribution is 2.39. The van der Waals surface area contributed by atoms with Crippen LogP contribution in [0.2, 0.25) is 0 Å². The van der Waals surface area contributed by atoms with Gasteiger partial charge in [0, 0.05) is 37.1 Å². The predicted octanol–water partition coefficient (Wildman–Crippen LogP) is 2.93. The predicted molar refractivity (Wildman–Crippen MR) is 150 cm³/mol. The van der Waals surface area contributed by atoms with Crippen molar-refractivity contribution < 1.29 is 14.6 Å². The molecule has 208 valence electrons. The summed E-state index contributed by atoms with van der Waals surface area (Å²) in [6.45, 7) is 1.65. The van der Waals surface area contributed by atoms with Crippen molar-refractivity contribution in [3.63, 3.8) is 0 Å². The molecule has 2 fully saturated rings. The fourth-order valence-electron chi connectivity index (χ4n) is 6.06. The van der Waals surface area contributed by atoms with E-state index in [1.54, 1.807) is 11.0 Å². The van der Waals surface area contributed by atoms with Gasteiger partial charge in [-0.05, 0) is 49.1 Å². The van der Waals surface area contributed by atoms with Gasteiger partial charge in [-0.25, -0.2) is 9.50 Å². The zero-order valence-electron chi connectivity index (χ0n) is 22.2. The Morgan fingerprint density at radius 2 is 1.90 bits per heavy atom. The number of likely N-dealkylation sites (tertiary alicyclic amines) is 1. The maximum absolute atomic E-state index is 13.3. The number of anilines is 1. The zero-order chi connectivity index (χ0) is 27.9. The number of fused-ring (bicyclic) bond motifs is 1. The van der Waals surface area contributed by atoms with E-state index < -0.39 is 6.10 Å². The van der Waals surface area contributed by atoms with Gasteiger partial charge in [0.1, 0.15) is 11.8 Å². The summed E-state index contributed by atoms with van der Waals surface area (Å²) in [6, 6.07) is 13.6. The molecule has 2 saturated heterocycles. The van der Waals surface area contributed by atoms with Crippen LogP contribution in [0.1, 0.15) is 47.3 Å². The van der Waals surface area contributed by atoms with Crippen molar-refractivity contribution in [2.45, 2.75) is 37.5 Å². The molecule has 4 aromatic heterocycles. The van der Waals surface area contributed by atoms with Gasteiger partial charge in [0.25, 0.3) is 5.91 Å². The number of carbonyl (C=O) groups excluding carboxylic acids is 1. The molecule has 0 bridgehead atoms. The van der Waals surface area contributed by atoms with Gasteiger partial charge in [0.05, 0.1) is 47.5 Å². The Balaban J connectivity index is 1.30. The number of hydrogen-bond donors (Lipinski definition) is 2. The van der Waals surface area contributed by atoms with E-state index >= 15 is 0 Å². The van der Waals surface area contributed by atoms with Gasteiger partial charge in [-0.1, -0.05) is 18.2 Å². The first-order valence-electron chi connectivity index (χ1n) is 13.7. The number of aromatic nitrogens is 7. The Morgan fingerprint density at radius 3 is 2.73 bits per heavy atom. The second-order valence-electron chi connectivity index (χ2n) is 10.5. The molecule has 7 rings (SSSR count). The molecule has 1 aromatic carbocycles. The van der Waals surface area contributed by atoms with E-state index in [-0.39, 0.29) is 24.5 Å². The quantitative estimate of drug-likeness (QED) is 0.336. The summed E-state index contributed by atoms with van der Waals surface area (Å²) < 4.78 is 9.44. The van der Waals surface area contributed by atoms with E-state index in [1.165, 1.54) is 18.7 Å². The minimum Gasteiger partial charge on any atom is -0.391 e. The fourth-order valence-corrected chi connectivity index (χ4v) is 6.06. The van der Waals surface area contributed by atoms with Crippen LogP contribution >= 0.6 is 0 Å². The van der Waals surface area contributed by atoms with Gasteiger partial charge >= 0.3 is 0 Å². The summed E-state index contributed by atoms with van der Waals surface area (Å²) in [5.74, 6) is 0.183. The van der Waals surface area contributed by atoms with Crippen molar-refractivity contribution in [1.82, 2.24) is 39.5 Å². The number of nitrogens with two attached hydrogens (primary N) is 1. The van der Waals surface area contributed by atoms with Crippen molar-refractivity contribution >= 4 is 17.2 Å². The summed E-state index contributed by atoms with van der Waals surface area (Å²) in [5, 5.41) is 27.4. The van der Waals surface area contributed by atoms with Crippen LogP contribution in [0.5, 0.6) is 0 Å². The molecule has 12 heteroatoms. The van der Waals surface area contributed by atoms with Crippen molar-refractivity contribution in [3.05, 3.63) is 78.5 Å². The maximum Gasteiger partial charge on any atom is 0.256 e. The number of ether oxygens (including phenoxy) is 1. The largest absolute Gasteiger partial charge is 0.391 e. The lowest BCUT2D eigenvalue weighted by Gasteiger charge is -2.25. The standard InChI is InChI=1S/C29H29N9O3/c30-28-27-23(24-5-9-34-37(24)21-6-10-41-11-7-21)14-26(38(27)35-17-31-28)19-3-1-2-18(12-19)25-13-22(39)16-36(25)29(40)20-4-8-32-33-15-20/h1-5,8-9,12,14-15,17,21-22,25,39H,6-7,10-11,13,16H2,(H2,30,31,35)/t22-,25+/m1/s1. The molecular weight excluding hydrogens is 522 g/mol. The van der Waals surface area contributed by atoms with Crippen LogP contribution in [0.4, 0.5) is 5.82 Å². The van der Waals surface area contributed by atoms with Crippen LogP contribution in [-0.2, 0) is 4.74 Å². The van der Waals surface area contributed by atoms with E-state index in [4.69, 9.17) is 10.5 Å². The molecule has 0 unspecified atom stereocenters. The number of benzene rings is 1. The minimum absolute atomic E-state index is 0.191. The Morgan fingerprint density at radius 1 is 1.02 bits per heavy atom. The number of nitrogens with zero attached hydrogens (tertiary/aromatic N) is 8. The lowest BCUT2D eigenvalue weighted by atomic mass is 9.99. The maximum atomic E-state index is 13.3. The third kappa shape index (κ3) is 4.50. The van der Waals surface area contributed by atoms with Crippen molar-refractivity contribution in [2.75, 3.05) is 25.5 Å². The zero-order valence-corrected chi connectivity index (χ0v) is 22.2. The lowest BCUT2D eigenvalue weighted by molar-refractivity contribution is 0.0667. The molecule has 0 spiro atoms. The summed E-state index contributed by atoms with van der Waals surface area (Å²) in [4.78, 5) is 19.3. The minimum atomic E-state index is -0.624. The molecule has 6 heterocycles. The number of nitrogen functional groups attached to an aromatic ring is 1. The number of aliphatic hydroxyl groups is 1. The molecule has 0 radical (unpaired) electrons. The van der Waals surface area contributed by atoms with Gasteiger partial charge in [-0.3, -0.25) is 9.48 Å². The number of β-amino-alcohol motifs (C(OH)–C–C–N with tert-alkyl or cyclic N) is 1. The average Bonchev–Trinajstić information content (AvgIpc) is 3.75. The van der Waals surface area contributed by atoms with Gasteiger partial charge < -0.3 is 20.5 Å². The van der Waals surface area contributed by atoms with E-state index in [1.807, 2.05) is 41.0 Å². The second-order valence-corrected chi connectivity index (χ2v) is 10.5.